The topological polar surface area (TPSA) is 48.1 Å². The fourth-order valence-corrected chi connectivity index (χ4v) is 2.57. The van der Waals surface area contributed by atoms with E-state index in [4.69, 9.17) is 22.1 Å². The molecule has 0 fully saturated rings. The van der Waals surface area contributed by atoms with E-state index in [9.17, 15) is 0 Å². The number of hydrogen-bond acceptors (Lipinski definition) is 4. The predicted octanol–water partition coefficient (Wildman–Crippen LogP) is 3.45. The Morgan fingerprint density at radius 2 is 2.17 bits per heavy atom. The molecule has 0 atom stereocenters. The van der Waals surface area contributed by atoms with Crippen LogP contribution in [0.15, 0.2) is 18.2 Å². The van der Waals surface area contributed by atoms with Crippen LogP contribution in [-0.4, -0.2) is 4.98 Å². The number of halogens is 1. The second kappa shape index (κ2) is 5.69. The number of aromatic nitrogens is 1. The first-order valence-electron chi connectivity index (χ1n) is 5.64. The largest absolute Gasteiger partial charge is 0.486 e. The second-order valence-electron chi connectivity index (χ2n) is 4.02. The minimum atomic E-state index is 0.465. The smallest absolute Gasteiger partial charge is 0.140 e. The lowest BCUT2D eigenvalue weighted by molar-refractivity contribution is 0.305. The van der Waals surface area contributed by atoms with Gasteiger partial charge in [-0.1, -0.05) is 11.6 Å². The zero-order valence-electron chi connectivity index (χ0n) is 10.4. The van der Waals surface area contributed by atoms with E-state index < -0.39 is 0 Å². The van der Waals surface area contributed by atoms with Crippen molar-refractivity contribution in [3.05, 3.63) is 44.4 Å². The molecule has 0 amide bonds. The van der Waals surface area contributed by atoms with Gasteiger partial charge in [-0.3, -0.25) is 0 Å². The van der Waals surface area contributed by atoms with Crippen molar-refractivity contribution in [3.8, 4) is 5.75 Å². The van der Waals surface area contributed by atoms with E-state index in [1.165, 1.54) is 0 Å². The van der Waals surface area contributed by atoms with Crippen molar-refractivity contribution in [2.75, 3.05) is 0 Å². The summed E-state index contributed by atoms with van der Waals surface area (Å²) in [5.74, 6) is 0.805. The molecule has 0 aliphatic rings. The van der Waals surface area contributed by atoms with Gasteiger partial charge in [0, 0.05) is 16.4 Å². The summed E-state index contributed by atoms with van der Waals surface area (Å²) in [4.78, 5) is 5.54. The highest BCUT2D eigenvalue weighted by Crippen LogP contribution is 2.23. The highest BCUT2D eigenvalue weighted by Gasteiger charge is 2.07. The summed E-state index contributed by atoms with van der Waals surface area (Å²) >= 11 is 7.56. The van der Waals surface area contributed by atoms with Crippen LogP contribution in [0.5, 0.6) is 5.75 Å². The second-order valence-corrected chi connectivity index (χ2v) is 5.60. The van der Waals surface area contributed by atoms with Crippen molar-refractivity contribution in [1.82, 2.24) is 4.98 Å². The van der Waals surface area contributed by atoms with Gasteiger partial charge in [-0.2, -0.15) is 0 Å². The van der Waals surface area contributed by atoms with Crippen LogP contribution in [-0.2, 0) is 13.2 Å². The van der Waals surface area contributed by atoms with Gasteiger partial charge in [0.2, 0.25) is 0 Å². The molecule has 18 heavy (non-hydrogen) atoms. The molecule has 0 saturated heterocycles. The Kier molecular flexibility index (Phi) is 4.22. The first-order valence-corrected chi connectivity index (χ1v) is 6.84. The van der Waals surface area contributed by atoms with Gasteiger partial charge in [-0.25, -0.2) is 4.98 Å². The Hall–Kier alpha value is -1.10. The summed E-state index contributed by atoms with van der Waals surface area (Å²) in [5.41, 5.74) is 7.62. The third-order valence-corrected chi connectivity index (χ3v) is 4.19. The van der Waals surface area contributed by atoms with Gasteiger partial charge >= 0.3 is 0 Å². The number of nitrogens with two attached hydrogens (primary N) is 1. The van der Waals surface area contributed by atoms with E-state index in [-0.39, 0.29) is 0 Å². The third kappa shape index (κ3) is 3.02. The Bertz CT molecular complexity index is 554. The Balaban J connectivity index is 2.04. The summed E-state index contributed by atoms with van der Waals surface area (Å²) in [5, 5.41) is 1.69. The van der Waals surface area contributed by atoms with Crippen LogP contribution in [0.1, 0.15) is 21.1 Å². The van der Waals surface area contributed by atoms with Crippen molar-refractivity contribution in [2.24, 2.45) is 5.73 Å². The standard InChI is InChI=1S/C13H15ClN2OS/c1-8-5-10(3-4-11(8)14)17-7-13-16-9(2)12(6-15)18-13/h3-5H,6-7,15H2,1-2H3. The maximum atomic E-state index is 5.96. The van der Waals surface area contributed by atoms with Gasteiger partial charge in [0.1, 0.15) is 17.4 Å². The van der Waals surface area contributed by atoms with E-state index in [0.717, 1.165) is 31.9 Å². The van der Waals surface area contributed by atoms with Crippen molar-refractivity contribution in [3.63, 3.8) is 0 Å². The SMILES string of the molecule is Cc1cc(OCc2nc(C)c(CN)s2)ccc1Cl. The van der Waals surface area contributed by atoms with Crippen molar-refractivity contribution in [1.29, 1.82) is 0 Å². The average molecular weight is 283 g/mol. The minimum Gasteiger partial charge on any atom is -0.486 e. The molecule has 1 heterocycles. The van der Waals surface area contributed by atoms with E-state index in [2.05, 4.69) is 4.98 Å². The molecule has 0 aliphatic carbocycles. The number of nitrogens with zero attached hydrogens (tertiary/aromatic N) is 1. The molecule has 0 unspecified atom stereocenters. The van der Waals surface area contributed by atoms with Crippen LogP contribution in [0.25, 0.3) is 0 Å². The molecular weight excluding hydrogens is 268 g/mol. The number of benzene rings is 1. The highest BCUT2D eigenvalue weighted by molar-refractivity contribution is 7.11. The third-order valence-electron chi connectivity index (χ3n) is 2.61. The number of ether oxygens (including phenoxy) is 1. The summed E-state index contributed by atoms with van der Waals surface area (Å²) < 4.78 is 5.69. The summed E-state index contributed by atoms with van der Waals surface area (Å²) in [7, 11) is 0. The van der Waals surface area contributed by atoms with Crippen molar-refractivity contribution < 1.29 is 4.74 Å². The molecule has 0 aliphatic heterocycles. The Morgan fingerprint density at radius 3 is 2.78 bits per heavy atom. The Morgan fingerprint density at radius 1 is 1.39 bits per heavy atom. The molecule has 3 nitrogen and oxygen atoms in total. The monoisotopic (exact) mass is 282 g/mol. The van der Waals surface area contributed by atoms with E-state index in [1.807, 2.05) is 32.0 Å². The fourth-order valence-electron chi connectivity index (χ4n) is 1.59. The number of hydrogen-bond donors (Lipinski definition) is 1. The molecule has 2 aromatic rings. The lowest BCUT2D eigenvalue weighted by Gasteiger charge is -2.05. The van der Waals surface area contributed by atoms with Crippen LogP contribution in [0.3, 0.4) is 0 Å². The first kappa shape index (κ1) is 13.3. The van der Waals surface area contributed by atoms with Crippen LogP contribution >= 0.6 is 22.9 Å². The average Bonchev–Trinajstić information content (AvgIpc) is 2.71. The van der Waals surface area contributed by atoms with Crippen molar-refractivity contribution in [2.45, 2.75) is 27.0 Å². The lowest BCUT2D eigenvalue weighted by Crippen LogP contribution is -1.95. The van der Waals surface area contributed by atoms with Gasteiger partial charge in [0.25, 0.3) is 0 Å². The zero-order chi connectivity index (χ0) is 13.1. The molecule has 1 aromatic heterocycles. The van der Waals surface area contributed by atoms with E-state index in [1.54, 1.807) is 11.3 Å². The first-order chi connectivity index (χ1) is 8.60. The van der Waals surface area contributed by atoms with Crippen LogP contribution in [0, 0.1) is 13.8 Å². The maximum absolute atomic E-state index is 5.96. The normalized spacial score (nSPS) is 10.7. The summed E-state index contributed by atoms with van der Waals surface area (Å²) in [6.07, 6.45) is 0. The molecular formula is C13H15ClN2OS. The zero-order valence-corrected chi connectivity index (χ0v) is 11.9. The molecule has 2 N–H and O–H groups in total. The predicted molar refractivity (Wildman–Crippen MR) is 75.3 cm³/mol. The molecule has 0 radical (unpaired) electrons. The van der Waals surface area contributed by atoms with Crippen LogP contribution in [0.2, 0.25) is 5.02 Å². The van der Waals surface area contributed by atoms with Gasteiger partial charge < -0.3 is 10.5 Å². The summed E-state index contributed by atoms with van der Waals surface area (Å²) in [6, 6.07) is 5.62. The molecule has 0 saturated carbocycles. The molecule has 96 valence electrons. The summed E-state index contributed by atoms with van der Waals surface area (Å²) in [6.45, 7) is 4.92. The fraction of sp³-hybridized carbons (Fsp3) is 0.308. The Labute approximate surface area is 116 Å². The van der Waals surface area contributed by atoms with Crippen LogP contribution in [0.4, 0.5) is 0 Å². The molecule has 0 spiro atoms. The molecule has 1 aromatic carbocycles. The minimum absolute atomic E-state index is 0.465. The quantitative estimate of drug-likeness (QED) is 0.934. The highest BCUT2D eigenvalue weighted by atomic mass is 35.5. The van der Waals surface area contributed by atoms with Gasteiger partial charge in [-0.15, -0.1) is 11.3 Å². The van der Waals surface area contributed by atoms with Gasteiger partial charge in [0.05, 0.1) is 5.69 Å². The van der Waals surface area contributed by atoms with Crippen LogP contribution < -0.4 is 10.5 Å². The lowest BCUT2D eigenvalue weighted by atomic mass is 10.2. The molecule has 5 heteroatoms. The van der Waals surface area contributed by atoms with Gasteiger partial charge in [-0.05, 0) is 37.6 Å². The van der Waals surface area contributed by atoms with Crippen molar-refractivity contribution >= 4 is 22.9 Å². The number of rotatable bonds is 4. The molecule has 2 rings (SSSR count). The van der Waals surface area contributed by atoms with Gasteiger partial charge in [0.15, 0.2) is 0 Å². The molecule has 0 bridgehead atoms. The maximum Gasteiger partial charge on any atom is 0.140 e. The van der Waals surface area contributed by atoms with E-state index >= 15 is 0 Å². The number of thiazole rings is 1. The van der Waals surface area contributed by atoms with E-state index in [0.29, 0.717) is 13.2 Å². The number of aryl methyl sites for hydroxylation is 2.